The molecule has 0 unspecified atom stereocenters. The number of Topliss-reactive ketones (excluding diaryl/α,β-unsaturated/α-hetero) is 1. The summed E-state index contributed by atoms with van der Waals surface area (Å²) in [6, 6.07) is 12.9. The second kappa shape index (κ2) is 7.74. The molecule has 1 aliphatic carbocycles. The molecule has 0 saturated carbocycles. The number of aryl methyl sites for hydroxylation is 4. The van der Waals surface area contributed by atoms with E-state index >= 15 is 0 Å². The van der Waals surface area contributed by atoms with Crippen molar-refractivity contribution in [3.63, 3.8) is 0 Å². The first-order valence-corrected chi connectivity index (χ1v) is 11.5. The minimum atomic E-state index is -0.133. The number of hydrogen-bond acceptors (Lipinski definition) is 4. The Labute approximate surface area is 189 Å². The number of rotatable bonds is 4. The second-order valence-electron chi connectivity index (χ2n) is 8.09. The Kier molecular flexibility index (Phi) is 5.03. The number of ketones is 1. The molecule has 4 nitrogen and oxygen atoms in total. The quantitative estimate of drug-likeness (QED) is 0.372. The van der Waals surface area contributed by atoms with Gasteiger partial charge in [-0.25, -0.2) is 4.98 Å². The highest BCUT2D eigenvalue weighted by atomic mass is 35.5. The number of benzene rings is 2. The van der Waals surface area contributed by atoms with E-state index in [1.807, 2.05) is 44.2 Å². The largest absolute Gasteiger partial charge is 0.292 e. The van der Waals surface area contributed by atoms with E-state index in [9.17, 15) is 9.59 Å². The number of nitrogens with zero attached hydrogens (tertiary/aromatic N) is 2. The van der Waals surface area contributed by atoms with Crippen LogP contribution in [0.5, 0.6) is 0 Å². The summed E-state index contributed by atoms with van der Waals surface area (Å²) in [5.74, 6) is 0.403. The monoisotopic (exact) mass is 448 g/mol. The number of hydrogen-bond donors (Lipinski definition) is 0. The maximum atomic E-state index is 13.6. The Hall–Kier alpha value is -2.76. The number of aromatic nitrogens is 2. The number of halogens is 1. The third-order valence-electron chi connectivity index (χ3n) is 6.06. The molecule has 0 N–H and O–H groups in total. The van der Waals surface area contributed by atoms with Crippen molar-refractivity contribution in [2.75, 3.05) is 0 Å². The zero-order valence-electron chi connectivity index (χ0n) is 17.4. The maximum absolute atomic E-state index is 13.6. The Balaban J connectivity index is 1.68. The molecule has 0 radical (unpaired) electrons. The Morgan fingerprint density at radius 3 is 2.61 bits per heavy atom. The SMILES string of the molecule is Cc1ccc(C(=O)Cn2c(-c3ccc(Cl)cc3)nc3sc4c(c3c2=O)CCC4)cc1C. The summed E-state index contributed by atoms with van der Waals surface area (Å²) < 4.78 is 1.54. The van der Waals surface area contributed by atoms with Crippen molar-refractivity contribution in [2.24, 2.45) is 0 Å². The first-order chi connectivity index (χ1) is 14.9. The fourth-order valence-corrected chi connectivity index (χ4v) is 5.57. The van der Waals surface area contributed by atoms with E-state index in [1.165, 1.54) is 9.44 Å². The van der Waals surface area contributed by atoms with E-state index < -0.39 is 0 Å². The van der Waals surface area contributed by atoms with Gasteiger partial charge in [-0.2, -0.15) is 0 Å². The van der Waals surface area contributed by atoms with Crippen LogP contribution in [0.15, 0.2) is 47.3 Å². The minimum absolute atomic E-state index is 0.0488. The van der Waals surface area contributed by atoms with Crippen molar-refractivity contribution in [1.82, 2.24) is 9.55 Å². The van der Waals surface area contributed by atoms with Gasteiger partial charge in [-0.15, -0.1) is 11.3 Å². The van der Waals surface area contributed by atoms with Crippen molar-refractivity contribution >= 4 is 38.9 Å². The molecular formula is C25H21ClN2O2S. The van der Waals surface area contributed by atoms with Crippen LogP contribution >= 0.6 is 22.9 Å². The molecule has 6 heteroatoms. The molecule has 2 aromatic carbocycles. The predicted molar refractivity (Wildman–Crippen MR) is 127 cm³/mol. The Bertz CT molecular complexity index is 1400. The lowest BCUT2D eigenvalue weighted by atomic mass is 10.0. The molecule has 156 valence electrons. The predicted octanol–water partition coefficient (Wildman–Crippen LogP) is 5.77. The van der Waals surface area contributed by atoms with E-state index in [1.54, 1.807) is 23.5 Å². The second-order valence-corrected chi connectivity index (χ2v) is 9.61. The van der Waals surface area contributed by atoms with E-state index in [2.05, 4.69) is 0 Å². The van der Waals surface area contributed by atoms with Crippen molar-refractivity contribution in [3.05, 3.63) is 85.0 Å². The average Bonchev–Trinajstić information content (AvgIpc) is 3.33. The van der Waals surface area contributed by atoms with Gasteiger partial charge in [0.05, 0.1) is 11.9 Å². The molecule has 2 aromatic heterocycles. The van der Waals surface area contributed by atoms with Gasteiger partial charge in [0.25, 0.3) is 5.56 Å². The van der Waals surface area contributed by atoms with Gasteiger partial charge in [-0.3, -0.25) is 14.2 Å². The van der Waals surface area contributed by atoms with Gasteiger partial charge in [0.15, 0.2) is 5.78 Å². The summed E-state index contributed by atoms with van der Waals surface area (Å²) in [6.45, 7) is 3.95. The van der Waals surface area contributed by atoms with Gasteiger partial charge in [-0.1, -0.05) is 23.7 Å². The standard InChI is InChI=1S/C25H21ClN2O2S/c1-14-6-7-17(12-15(14)2)20(29)13-28-23(16-8-10-18(26)11-9-16)27-24-22(25(28)30)19-4-3-5-21(19)31-24/h6-12H,3-5,13H2,1-2H3. The third kappa shape index (κ3) is 3.52. The summed E-state index contributed by atoms with van der Waals surface area (Å²) in [5.41, 5.74) is 4.55. The van der Waals surface area contributed by atoms with Crippen LogP contribution in [0.25, 0.3) is 21.6 Å². The van der Waals surface area contributed by atoms with Crippen molar-refractivity contribution in [1.29, 1.82) is 0 Å². The van der Waals surface area contributed by atoms with E-state index in [4.69, 9.17) is 16.6 Å². The van der Waals surface area contributed by atoms with Gasteiger partial charge >= 0.3 is 0 Å². The van der Waals surface area contributed by atoms with E-state index in [-0.39, 0.29) is 17.9 Å². The van der Waals surface area contributed by atoms with Crippen molar-refractivity contribution < 1.29 is 4.79 Å². The summed E-state index contributed by atoms with van der Waals surface area (Å²) in [5, 5.41) is 1.29. The lowest BCUT2D eigenvalue weighted by molar-refractivity contribution is 0.0971. The molecule has 31 heavy (non-hydrogen) atoms. The zero-order valence-corrected chi connectivity index (χ0v) is 18.9. The highest BCUT2D eigenvalue weighted by molar-refractivity contribution is 7.18. The maximum Gasteiger partial charge on any atom is 0.263 e. The van der Waals surface area contributed by atoms with Crippen LogP contribution in [0.3, 0.4) is 0 Å². The average molecular weight is 449 g/mol. The number of carbonyl (C=O) groups is 1. The normalized spacial score (nSPS) is 13.0. The molecule has 0 aliphatic heterocycles. The van der Waals surface area contributed by atoms with Crippen LogP contribution in [0.2, 0.25) is 5.02 Å². The van der Waals surface area contributed by atoms with Crippen LogP contribution in [-0.2, 0) is 19.4 Å². The Morgan fingerprint density at radius 2 is 1.87 bits per heavy atom. The number of thiophene rings is 1. The fraction of sp³-hybridized carbons (Fsp3) is 0.240. The lowest BCUT2D eigenvalue weighted by Gasteiger charge is -2.13. The Morgan fingerprint density at radius 1 is 1.10 bits per heavy atom. The molecule has 0 saturated heterocycles. The number of carbonyl (C=O) groups excluding carboxylic acids is 1. The topological polar surface area (TPSA) is 52.0 Å². The summed E-state index contributed by atoms with van der Waals surface area (Å²) in [7, 11) is 0. The van der Waals surface area contributed by atoms with Crippen LogP contribution in [0.4, 0.5) is 0 Å². The molecule has 0 atom stereocenters. The smallest absolute Gasteiger partial charge is 0.263 e. The van der Waals surface area contributed by atoms with E-state index in [0.29, 0.717) is 21.8 Å². The molecule has 5 rings (SSSR count). The molecule has 0 spiro atoms. The highest BCUT2D eigenvalue weighted by Gasteiger charge is 2.24. The van der Waals surface area contributed by atoms with Gasteiger partial charge in [0.2, 0.25) is 0 Å². The number of fused-ring (bicyclic) bond motifs is 3. The molecule has 0 fully saturated rings. The third-order valence-corrected chi connectivity index (χ3v) is 7.50. The fourth-order valence-electron chi connectivity index (χ4n) is 4.19. The zero-order chi connectivity index (χ0) is 21.7. The van der Waals surface area contributed by atoms with Gasteiger partial charge in [0, 0.05) is 21.0 Å². The summed E-state index contributed by atoms with van der Waals surface area (Å²) in [6.07, 6.45) is 2.96. The van der Waals surface area contributed by atoms with Crippen molar-refractivity contribution in [2.45, 2.75) is 39.7 Å². The lowest BCUT2D eigenvalue weighted by Crippen LogP contribution is -2.27. The van der Waals surface area contributed by atoms with Gasteiger partial charge < -0.3 is 0 Å². The van der Waals surface area contributed by atoms with Crippen LogP contribution in [-0.4, -0.2) is 15.3 Å². The summed E-state index contributed by atoms with van der Waals surface area (Å²) >= 11 is 7.67. The molecule has 0 amide bonds. The van der Waals surface area contributed by atoms with Crippen LogP contribution in [0, 0.1) is 13.8 Å². The van der Waals surface area contributed by atoms with Crippen molar-refractivity contribution in [3.8, 4) is 11.4 Å². The molecular weight excluding hydrogens is 428 g/mol. The molecule has 0 bridgehead atoms. The highest BCUT2D eigenvalue weighted by Crippen LogP contribution is 2.35. The first kappa shape index (κ1) is 20.2. The van der Waals surface area contributed by atoms with Crippen LogP contribution < -0.4 is 5.56 Å². The molecule has 2 heterocycles. The first-order valence-electron chi connectivity index (χ1n) is 10.3. The summed E-state index contributed by atoms with van der Waals surface area (Å²) in [4.78, 5) is 33.7. The van der Waals surface area contributed by atoms with Gasteiger partial charge in [-0.05, 0) is 80.1 Å². The minimum Gasteiger partial charge on any atom is -0.292 e. The van der Waals surface area contributed by atoms with E-state index in [0.717, 1.165) is 46.3 Å². The van der Waals surface area contributed by atoms with Gasteiger partial charge in [0.1, 0.15) is 10.7 Å². The molecule has 4 aromatic rings. The van der Waals surface area contributed by atoms with Crippen LogP contribution in [0.1, 0.15) is 38.3 Å². The molecule has 1 aliphatic rings.